The Balaban J connectivity index is 1.28. The molecule has 6 nitrogen and oxygen atoms in total. The van der Waals surface area contributed by atoms with Crippen LogP contribution in [0.25, 0.3) is 11.0 Å². The largest absolute Gasteiger partial charge is 0.477 e. The van der Waals surface area contributed by atoms with Crippen molar-refractivity contribution in [1.29, 1.82) is 0 Å². The topological polar surface area (TPSA) is 68.5 Å². The zero-order chi connectivity index (χ0) is 18.6. The van der Waals surface area contributed by atoms with Crippen LogP contribution in [-0.4, -0.2) is 40.6 Å². The Bertz CT molecular complexity index is 929. The molecular weight excluding hydrogens is 342 g/mol. The van der Waals surface area contributed by atoms with Gasteiger partial charge in [0.1, 0.15) is 5.69 Å². The second-order valence-corrected chi connectivity index (χ2v) is 7.06. The van der Waals surface area contributed by atoms with Crippen LogP contribution >= 0.6 is 0 Å². The van der Waals surface area contributed by atoms with Crippen molar-refractivity contribution in [2.45, 2.75) is 26.2 Å². The first-order valence-electron chi connectivity index (χ1n) is 9.36. The molecule has 1 amide bonds. The summed E-state index contributed by atoms with van der Waals surface area (Å²) >= 11 is 0. The Hall–Kier alpha value is -2.89. The number of nitrogens with zero attached hydrogens (tertiary/aromatic N) is 3. The van der Waals surface area contributed by atoms with Gasteiger partial charge in [0.15, 0.2) is 5.58 Å². The predicted molar refractivity (Wildman–Crippen MR) is 101 cm³/mol. The second-order valence-electron chi connectivity index (χ2n) is 7.06. The average Bonchev–Trinajstić information content (AvgIpc) is 3.11. The number of pyridine rings is 1. The molecule has 3 heterocycles. The lowest BCUT2D eigenvalue weighted by atomic mass is 9.97. The lowest BCUT2D eigenvalue weighted by Crippen LogP contribution is -2.40. The lowest BCUT2D eigenvalue weighted by Gasteiger charge is -2.31. The number of piperidine rings is 1. The third-order valence-electron chi connectivity index (χ3n) is 5.16. The smallest absolute Gasteiger partial charge is 0.228 e. The molecule has 3 aromatic rings. The summed E-state index contributed by atoms with van der Waals surface area (Å²) in [6, 6.07) is 11.5. The number of fused-ring (bicyclic) bond motifs is 1. The number of hydrogen-bond acceptors (Lipinski definition) is 5. The Labute approximate surface area is 158 Å². The molecule has 1 aromatic carbocycles. The molecule has 0 saturated carbocycles. The van der Waals surface area contributed by atoms with Crippen LogP contribution in [0.4, 0.5) is 0 Å². The van der Waals surface area contributed by atoms with Crippen LogP contribution in [0.15, 0.2) is 47.1 Å². The number of para-hydroxylation sites is 1. The van der Waals surface area contributed by atoms with Gasteiger partial charge in [-0.25, -0.2) is 4.98 Å². The van der Waals surface area contributed by atoms with Crippen molar-refractivity contribution >= 4 is 16.9 Å². The van der Waals surface area contributed by atoms with Crippen molar-refractivity contribution in [2.24, 2.45) is 5.92 Å². The number of carbonyl (C=O) groups is 1. The van der Waals surface area contributed by atoms with E-state index in [-0.39, 0.29) is 12.3 Å². The Morgan fingerprint density at radius 1 is 1.22 bits per heavy atom. The highest BCUT2D eigenvalue weighted by Gasteiger charge is 2.24. The number of benzene rings is 1. The summed E-state index contributed by atoms with van der Waals surface area (Å²) in [5.74, 6) is 1.26. The predicted octanol–water partition coefficient (Wildman–Crippen LogP) is 3.39. The minimum absolute atomic E-state index is 0.106. The van der Waals surface area contributed by atoms with E-state index in [1.54, 1.807) is 6.20 Å². The number of carbonyl (C=O) groups excluding carboxylic acids is 1. The highest BCUT2D eigenvalue weighted by atomic mass is 16.5. The molecule has 4 rings (SSSR count). The summed E-state index contributed by atoms with van der Waals surface area (Å²) in [5.41, 5.74) is 2.48. The van der Waals surface area contributed by atoms with Crippen molar-refractivity contribution in [3.8, 4) is 5.88 Å². The summed E-state index contributed by atoms with van der Waals surface area (Å²) in [4.78, 5) is 18.8. The molecule has 0 N–H and O–H groups in total. The van der Waals surface area contributed by atoms with Gasteiger partial charge in [-0.15, -0.1) is 0 Å². The number of likely N-dealkylation sites (tertiary alicyclic amines) is 1. The normalized spacial score (nSPS) is 15.2. The Kier molecular flexibility index (Phi) is 5.05. The SMILES string of the molecule is Cc1cccnc1OCC1CCN(C(=O)Cc2noc3ccccc23)CC1. The molecule has 140 valence electrons. The van der Waals surface area contributed by atoms with Crippen LogP contribution in [0.2, 0.25) is 0 Å². The first-order chi connectivity index (χ1) is 13.2. The van der Waals surface area contributed by atoms with Gasteiger partial charge in [-0.05, 0) is 43.9 Å². The van der Waals surface area contributed by atoms with E-state index in [0.717, 1.165) is 42.5 Å². The molecule has 27 heavy (non-hydrogen) atoms. The third kappa shape index (κ3) is 3.94. The summed E-state index contributed by atoms with van der Waals surface area (Å²) in [6.45, 7) is 4.15. The van der Waals surface area contributed by atoms with E-state index < -0.39 is 0 Å². The van der Waals surface area contributed by atoms with Gasteiger partial charge in [-0.2, -0.15) is 0 Å². The van der Waals surface area contributed by atoms with Crippen LogP contribution in [0.5, 0.6) is 5.88 Å². The van der Waals surface area contributed by atoms with E-state index in [9.17, 15) is 4.79 Å². The van der Waals surface area contributed by atoms with E-state index >= 15 is 0 Å². The van der Waals surface area contributed by atoms with Crippen molar-refractivity contribution in [3.63, 3.8) is 0 Å². The molecule has 0 spiro atoms. The van der Waals surface area contributed by atoms with E-state index in [2.05, 4.69) is 10.1 Å². The fourth-order valence-electron chi connectivity index (χ4n) is 3.49. The maximum Gasteiger partial charge on any atom is 0.228 e. The molecule has 2 aromatic heterocycles. The molecule has 6 heteroatoms. The molecule has 0 radical (unpaired) electrons. The zero-order valence-electron chi connectivity index (χ0n) is 15.4. The lowest BCUT2D eigenvalue weighted by molar-refractivity contribution is -0.132. The van der Waals surface area contributed by atoms with Crippen LogP contribution in [0, 0.1) is 12.8 Å². The van der Waals surface area contributed by atoms with Crippen LogP contribution in [0.3, 0.4) is 0 Å². The Morgan fingerprint density at radius 3 is 2.85 bits per heavy atom. The number of ether oxygens (including phenoxy) is 1. The number of amides is 1. The summed E-state index contributed by atoms with van der Waals surface area (Å²) < 4.78 is 11.2. The quantitative estimate of drug-likeness (QED) is 0.693. The minimum Gasteiger partial charge on any atom is -0.477 e. The van der Waals surface area contributed by atoms with Crippen LogP contribution in [-0.2, 0) is 11.2 Å². The number of aryl methyl sites for hydroxylation is 1. The first kappa shape index (κ1) is 17.5. The van der Waals surface area contributed by atoms with Gasteiger partial charge in [-0.3, -0.25) is 4.79 Å². The second kappa shape index (κ2) is 7.78. The number of hydrogen-bond donors (Lipinski definition) is 0. The van der Waals surface area contributed by atoms with E-state index in [1.807, 2.05) is 48.2 Å². The molecular formula is C21H23N3O3. The van der Waals surface area contributed by atoms with Crippen molar-refractivity contribution in [3.05, 3.63) is 53.9 Å². The first-order valence-corrected chi connectivity index (χ1v) is 9.36. The van der Waals surface area contributed by atoms with Gasteiger partial charge in [0, 0.05) is 30.2 Å². The molecule has 0 aliphatic carbocycles. The summed E-state index contributed by atoms with van der Waals surface area (Å²) in [6.07, 6.45) is 3.91. The highest BCUT2D eigenvalue weighted by molar-refractivity contribution is 5.86. The van der Waals surface area contributed by atoms with Gasteiger partial charge < -0.3 is 14.2 Å². The van der Waals surface area contributed by atoms with Gasteiger partial charge in [0.25, 0.3) is 0 Å². The standard InChI is InChI=1S/C21H23N3O3/c1-15-5-4-10-22-21(15)26-14-16-8-11-24(12-9-16)20(25)13-18-17-6-2-3-7-19(17)27-23-18/h2-7,10,16H,8-9,11-14H2,1H3. The van der Waals surface area contributed by atoms with Gasteiger partial charge >= 0.3 is 0 Å². The molecule has 1 saturated heterocycles. The van der Waals surface area contributed by atoms with E-state index in [1.165, 1.54) is 0 Å². The number of rotatable bonds is 5. The maximum atomic E-state index is 12.6. The van der Waals surface area contributed by atoms with Crippen molar-refractivity contribution in [1.82, 2.24) is 15.0 Å². The van der Waals surface area contributed by atoms with Crippen LogP contribution in [0.1, 0.15) is 24.1 Å². The summed E-state index contributed by atoms with van der Waals surface area (Å²) in [5, 5.41) is 4.98. The van der Waals surface area contributed by atoms with E-state index in [4.69, 9.17) is 9.26 Å². The number of aromatic nitrogens is 2. The Morgan fingerprint density at radius 2 is 2.04 bits per heavy atom. The minimum atomic E-state index is 0.106. The molecule has 1 aliphatic rings. The average molecular weight is 365 g/mol. The molecule has 1 aliphatic heterocycles. The van der Waals surface area contributed by atoms with Gasteiger partial charge in [-0.1, -0.05) is 23.4 Å². The zero-order valence-corrected chi connectivity index (χ0v) is 15.4. The fourth-order valence-corrected chi connectivity index (χ4v) is 3.49. The van der Waals surface area contributed by atoms with E-state index in [0.29, 0.717) is 24.1 Å². The third-order valence-corrected chi connectivity index (χ3v) is 5.16. The van der Waals surface area contributed by atoms with Gasteiger partial charge in [0.05, 0.1) is 13.0 Å². The maximum absolute atomic E-state index is 12.6. The van der Waals surface area contributed by atoms with Crippen molar-refractivity contribution in [2.75, 3.05) is 19.7 Å². The van der Waals surface area contributed by atoms with Crippen LogP contribution < -0.4 is 4.74 Å². The summed E-state index contributed by atoms with van der Waals surface area (Å²) in [7, 11) is 0. The molecule has 0 atom stereocenters. The monoisotopic (exact) mass is 365 g/mol. The highest BCUT2D eigenvalue weighted by Crippen LogP contribution is 2.22. The molecule has 1 fully saturated rings. The van der Waals surface area contributed by atoms with Gasteiger partial charge in [0.2, 0.25) is 11.8 Å². The fraction of sp³-hybridized carbons (Fsp3) is 0.381. The van der Waals surface area contributed by atoms with Crippen molar-refractivity contribution < 1.29 is 14.1 Å². The molecule has 0 bridgehead atoms. The molecule has 0 unspecified atom stereocenters.